The molecule has 0 aliphatic carbocycles. The fourth-order valence-electron chi connectivity index (χ4n) is 2.19. The number of hydrogen-bond acceptors (Lipinski definition) is 8. The molecule has 21 heavy (non-hydrogen) atoms. The van der Waals surface area contributed by atoms with Crippen LogP contribution in [0.15, 0.2) is 0 Å². The summed E-state index contributed by atoms with van der Waals surface area (Å²) in [6.07, 6.45) is -2.07. The third kappa shape index (κ3) is 2.49. The first-order valence-electron chi connectivity index (χ1n) is 5.80. The summed E-state index contributed by atoms with van der Waals surface area (Å²) in [6.45, 7) is 2.91. The Kier molecular flexibility index (Phi) is 5.73. The highest BCUT2D eigenvalue weighted by molar-refractivity contribution is 9.18. The minimum atomic E-state index is -3.58. The van der Waals surface area contributed by atoms with Crippen molar-refractivity contribution in [3.63, 3.8) is 0 Å². The monoisotopic (exact) mass is 368 g/mol. The van der Waals surface area contributed by atoms with E-state index in [0.29, 0.717) is 13.8 Å². The quantitative estimate of drug-likeness (QED) is 0.305. The Hall–Kier alpha value is -1.00. The number of ketones is 3. The molecule has 0 spiro atoms. The van der Waals surface area contributed by atoms with Crippen molar-refractivity contribution in [2.45, 2.75) is 50.6 Å². The van der Waals surface area contributed by atoms with E-state index in [0.717, 1.165) is 13.8 Å². The lowest BCUT2D eigenvalue weighted by Crippen LogP contribution is -2.80. The number of carbonyl (C=O) groups is 4. The molecule has 120 valence electrons. The fourth-order valence-corrected chi connectivity index (χ4v) is 2.75. The predicted octanol–water partition coefficient (Wildman–Crippen LogP) is -1.75. The number of carbonyl (C=O) groups excluding carboxylic acids is 4. The number of rotatable bonds is 7. The number of Topliss-reactive ketones (excluding diaryl/α,β-unsaturated/α-hetero) is 3. The van der Waals surface area contributed by atoms with Crippen LogP contribution in [0.25, 0.3) is 0 Å². The van der Waals surface area contributed by atoms with Gasteiger partial charge >= 0.3 is 0 Å². The summed E-state index contributed by atoms with van der Waals surface area (Å²) in [5, 5.41) is 40.7. The van der Waals surface area contributed by atoms with Gasteiger partial charge in [-0.25, -0.2) is 0 Å². The van der Waals surface area contributed by atoms with Crippen molar-refractivity contribution in [1.82, 2.24) is 0 Å². The first kappa shape index (κ1) is 20.0. The zero-order valence-corrected chi connectivity index (χ0v) is 13.5. The van der Waals surface area contributed by atoms with Crippen molar-refractivity contribution in [1.29, 1.82) is 0 Å². The molecule has 0 aromatic carbocycles. The molecule has 0 aromatic heterocycles. The minimum Gasteiger partial charge on any atom is -0.390 e. The second kappa shape index (κ2) is 6.01. The van der Waals surface area contributed by atoms with Crippen LogP contribution in [0.3, 0.4) is 0 Å². The van der Waals surface area contributed by atoms with Gasteiger partial charge in [-0.2, -0.15) is 0 Å². The summed E-state index contributed by atoms with van der Waals surface area (Å²) in [4.78, 5) is 46.7. The van der Waals surface area contributed by atoms with Gasteiger partial charge < -0.3 is 20.4 Å². The number of hydrogen-bond donors (Lipinski definition) is 4. The van der Waals surface area contributed by atoms with Crippen LogP contribution in [0.2, 0.25) is 0 Å². The molecule has 0 radical (unpaired) electrons. The van der Waals surface area contributed by atoms with Crippen LogP contribution >= 0.6 is 15.9 Å². The van der Waals surface area contributed by atoms with Gasteiger partial charge in [0.25, 0.3) is 0 Å². The van der Waals surface area contributed by atoms with Gasteiger partial charge in [0, 0.05) is 0 Å². The molecule has 0 aliphatic heterocycles. The van der Waals surface area contributed by atoms with Gasteiger partial charge in [0.1, 0.15) is 0 Å². The van der Waals surface area contributed by atoms with Gasteiger partial charge in [-0.15, -0.1) is 0 Å². The van der Waals surface area contributed by atoms with E-state index in [1.54, 1.807) is 0 Å². The van der Waals surface area contributed by atoms with Gasteiger partial charge in [0.05, 0.1) is 6.10 Å². The zero-order valence-electron chi connectivity index (χ0n) is 11.9. The largest absolute Gasteiger partial charge is 0.390 e. The Balaban J connectivity index is 6.85. The van der Waals surface area contributed by atoms with Gasteiger partial charge in [0.15, 0.2) is 23.0 Å². The van der Waals surface area contributed by atoms with Crippen LogP contribution in [0, 0.1) is 0 Å². The molecule has 9 heteroatoms. The minimum absolute atomic E-state index is 0.653. The van der Waals surface area contributed by atoms with E-state index in [2.05, 4.69) is 15.9 Å². The molecule has 0 fully saturated rings. The van der Waals surface area contributed by atoms with Gasteiger partial charge in [-0.3, -0.25) is 19.2 Å². The topological polar surface area (TPSA) is 149 Å². The molecule has 4 N–H and O–H groups in total. The van der Waals surface area contributed by atoms with Crippen LogP contribution in [0.1, 0.15) is 27.7 Å². The van der Waals surface area contributed by atoms with Crippen LogP contribution in [-0.2, 0) is 19.2 Å². The van der Waals surface area contributed by atoms with Crippen LogP contribution in [-0.4, -0.2) is 65.4 Å². The molecule has 0 aliphatic rings. The highest BCUT2D eigenvalue weighted by atomic mass is 79.9. The van der Waals surface area contributed by atoms with Crippen LogP contribution < -0.4 is 0 Å². The zero-order chi connectivity index (χ0) is 17.4. The van der Waals surface area contributed by atoms with Crippen molar-refractivity contribution in [2.24, 2.45) is 0 Å². The van der Waals surface area contributed by atoms with Gasteiger partial charge in [0.2, 0.25) is 15.9 Å². The summed E-state index contributed by atoms with van der Waals surface area (Å²) in [7, 11) is 0. The third-order valence-corrected chi connectivity index (χ3v) is 4.09. The first-order valence-corrected chi connectivity index (χ1v) is 6.59. The van der Waals surface area contributed by atoms with Crippen molar-refractivity contribution < 1.29 is 39.6 Å². The lowest BCUT2D eigenvalue weighted by Gasteiger charge is -2.48. The summed E-state index contributed by atoms with van der Waals surface area (Å²) in [5.41, 5.74) is -10.3. The second-order valence-electron chi connectivity index (χ2n) is 4.81. The first-order chi connectivity index (χ1) is 9.22. The van der Waals surface area contributed by atoms with Gasteiger partial charge in [-0.1, -0.05) is 0 Å². The average Bonchev–Trinajstić information content (AvgIpc) is 2.33. The normalized spacial score (nSPS) is 21.4. The van der Waals surface area contributed by atoms with E-state index in [-0.39, 0.29) is 0 Å². The molecule has 0 saturated carbocycles. The number of aliphatic hydroxyl groups is 4. The predicted molar refractivity (Wildman–Crippen MR) is 72.5 cm³/mol. The van der Waals surface area contributed by atoms with Crippen molar-refractivity contribution in [2.75, 3.05) is 0 Å². The number of halogens is 1. The van der Waals surface area contributed by atoms with Crippen molar-refractivity contribution >= 4 is 38.0 Å². The van der Waals surface area contributed by atoms with E-state index in [4.69, 9.17) is 0 Å². The number of aliphatic hydroxyl groups excluding tert-OH is 1. The SMILES string of the molecule is CC(=O)[C@](O)(C(=O)Br)[C@@](O)(C(C)=O)[C@](O)(C(C)=O)[C@H](C)O. The second-order valence-corrected chi connectivity index (χ2v) is 5.53. The maximum absolute atomic E-state index is 11.8. The molecule has 0 saturated heterocycles. The average molecular weight is 369 g/mol. The van der Waals surface area contributed by atoms with Crippen molar-refractivity contribution in [3.05, 3.63) is 0 Å². The Morgan fingerprint density at radius 1 is 0.905 bits per heavy atom. The molecular formula is C12H17BrO8. The third-order valence-electron chi connectivity index (χ3n) is 3.52. The van der Waals surface area contributed by atoms with E-state index in [9.17, 15) is 39.6 Å². The fraction of sp³-hybridized carbons (Fsp3) is 0.667. The molecular weight excluding hydrogens is 352 g/mol. The van der Waals surface area contributed by atoms with Gasteiger partial charge in [-0.05, 0) is 43.6 Å². The molecule has 0 heterocycles. The Labute approximate surface area is 128 Å². The molecule has 0 rings (SSSR count). The smallest absolute Gasteiger partial charge is 0.240 e. The Morgan fingerprint density at radius 3 is 1.43 bits per heavy atom. The van der Waals surface area contributed by atoms with E-state index >= 15 is 0 Å². The summed E-state index contributed by atoms with van der Waals surface area (Å²) >= 11 is 2.27. The van der Waals surface area contributed by atoms with E-state index < -0.39 is 44.9 Å². The molecule has 0 aromatic rings. The van der Waals surface area contributed by atoms with E-state index in [1.165, 1.54) is 0 Å². The Bertz CT molecular complexity index is 485. The molecule has 0 unspecified atom stereocenters. The van der Waals surface area contributed by atoms with Crippen molar-refractivity contribution in [3.8, 4) is 0 Å². The van der Waals surface area contributed by atoms with Crippen LogP contribution in [0.4, 0.5) is 0 Å². The lowest BCUT2D eigenvalue weighted by molar-refractivity contribution is -0.239. The molecule has 8 nitrogen and oxygen atoms in total. The molecule has 4 atom stereocenters. The highest BCUT2D eigenvalue weighted by Crippen LogP contribution is 2.40. The summed E-state index contributed by atoms with van der Waals surface area (Å²) in [5.74, 6) is -4.17. The van der Waals surface area contributed by atoms with Crippen LogP contribution in [0.5, 0.6) is 0 Å². The maximum Gasteiger partial charge on any atom is 0.240 e. The summed E-state index contributed by atoms with van der Waals surface area (Å²) in [6, 6.07) is 0. The molecule has 0 bridgehead atoms. The Morgan fingerprint density at radius 2 is 1.29 bits per heavy atom. The van der Waals surface area contributed by atoms with E-state index in [1.807, 2.05) is 0 Å². The molecule has 0 amide bonds. The summed E-state index contributed by atoms with van der Waals surface area (Å²) < 4.78 is -1.54. The lowest BCUT2D eigenvalue weighted by atomic mass is 9.64. The maximum atomic E-state index is 11.8. The standard InChI is InChI=1S/C12H17BrO8/c1-5(14)10(19,6(2)15)12(21,8(4)17)11(20,7(3)16)9(13)18/h5,14,19-21H,1-4H3/t5-,10+,11-,12+/m0/s1. The highest BCUT2D eigenvalue weighted by Gasteiger charge is 2.73.